The first-order chi connectivity index (χ1) is 12.5. The molecular formula is C18H20N2O5S. The minimum absolute atomic E-state index is 0.121. The Hall–Kier alpha value is -2.61. The smallest absolute Gasteiger partial charge is 0.348 e. The van der Waals surface area contributed by atoms with E-state index in [1.807, 2.05) is 6.07 Å². The summed E-state index contributed by atoms with van der Waals surface area (Å²) in [5.41, 5.74) is 1.21. The summed E-state index contributed by atoms with van der Waals surface area (Å²) >= 11 is 1.43. The standard InChI is InChI=1S/C18H20N2O5S/c1-20(10-16(21)19-9-13-5-3-7-24-13)17(22)11-25-18(23)15-8-12-4-2-6-14(12)26-15/h3,5,7-8H,2,4,6,9-11H2,1H3,(H,19,21). The van der Waals surface area contributed by atoms with Crippen LogP contribution < -0.4 is 5.32 Å². The molecule has 2 aromatic heterocycles. The summed E-state index contributed by atoms with van der Waals surface area (Å²) in [7, 11) is 1.49. The van der Waals surface area contributed by atoms with Gasteiger partial charge in [-0.2, -0.15) is 0 Å². The summed E-state index contributed by atoms with van der Waals surface area (Å²) in [6.45, 7) is -0.250. The third-order valence-electron chi connectivity index (χ3n) is 4.12. The molecule has 138 valence electrons. The highest BCUT2D eigenvalue weighted by atomic mass is 32.1. The molecule has 0 aromatic carbocycles. The largest absolute Gasteiger partial charge is 0.467 e. The van der Waals surface area contributed by atoms with Crippen molar-refractivity contribution in [2.75, 3.05) is 20.2 Å². The van der Waals surface area contributed by atoms with Crippen LogP contribution in [0.15, 0.2) is 28.9 Å². The first kappa shape index (κ1) is 18.2. The SMILES string of the molecule is CN(CC(=O)NCc1ccco1)C(=O)COC(=O)c1cc2c(s1)CCC2. The average molecular weight is 376 g/mol. The summed E-state index contributed by atoms with van der Waals surface area (Å²) in [6.07, 6.45) is 4.64. The molecule has 26 heavy (non-hydrogen) atoms. The molecule has 0 saturated heterocycles. The lowest BCUT2D eigenvalue weighted by molar-refractivity contribution is -0.137. The maximum atomic E-state index is 12.1. The molecule has 3 rings (SSSR count). The second kappa shape index (κ2) is 8.18. The number of nitrogens with zero attached hydrogens (tertiary/aromatic N) is 1. The summed E-state index contributed by atoms with van der Waals surface area (Å²) < 4.78 is 10.2. The van der Waals surface area contributed by atoms with Crippen LogP contribution in [0, 0.1) is 0 Å². The number of hydrogen-bond donors (Lipinski definition) is 1. The van der Waals surface area contributed by atoms with E-state index in [4.69, 9.17) is 9.15 Å². The molecule has 7 nitrogen and oxygen atoms in total. The Balaban J connectivity index is 1.40. The van der Waals surface area contributed by atoms with Gasteiger partial charge in [0.15, 0.2) is 6.61 Å². The van der Waals surface area contributed by atoms with Gasteiger partial charge in [-0.1, -0.05) is 0 Å². The van der Waals surface area contributed by atoms with Gasteiger partial charge >= 0.3 is 5.97 Å². The first-order valence-corrected chi connectivity index (χ1v) is 9.16. The van der Waals surface area contributed by atoms with E-state index < -0.39 is 11.9 Å². The summed E-state index contributed by atoms with van der Waals surface area (Å²) in [5, 5.41) is 2.65. The van der Waals surface area contributed by atoms with Crippen LogP contribution in [0.25, 0.3) is 0 Å². The Morgan fingerprint density at radius 3 is 2.92 bits per heavy atom. The minimum Gasteiger partial charge on any atom is -0.467 e. The van der Waals surface area contributed by atoms with Crippen molar-refractivity contribution in [1.29, 1.82) is 0 Å². The number of thiophene rings is 1. The highest BCUT2D eigenvalue weighted by Gasteiger charge is 2.21. The van der Waals surface area contributed by atoms with Gasteiger partial charge in [0.1, 0.15) is 10.6 Å². The molecule has 0 spiro atoms. The Morgan fingerprint density at radius 2 is 2.19 bits per heavy atom. The van der Waals surface area contributed by atoms with E-state index in [9.17, 15) is 14.4 Å². The lowest BCUT2D eigenvalue weighted by Crippen LogP contribution is -2.39. The van der Waals surface area contributed by atoms with Gasteiger partial charge in [0.25, 0.3) is 5.91 Å². The van der Waals surface area contributed by atoms with Crippen molar-refractivity contribution in [3.8, 4) is 0 Å². The number of rotatable bonds is 7. The quantitative estimate of drug-likeness (QED) is 0.744. The zero-order valence-electron chi connectivity index (χ0n) is 14.4. The average Bonchev–Trinajstić information content (AvgIpc) is 3.33. The maximum Gasteiger partial charge on any atom is 0.348 e. The second-order valence-corrected chi connectivity index (χ2v) is 7.23. The fraction of sp³-hybridized carbons (Fsp3) is 0.389. The van der Waals surface area contributed by atoms with Gasteiger partial charge < -0.3 is 19.4 Å². The van der Waals surface area contributed by atoms with Crippen molar-refractivity contribution in [2.24, 2.45) is 0 Å². The summed E-state index contributed by atoms with van der Waals surface area (Å²) in [6, 6.07) is 5.33. The van der Waals surface area contributed by atoms with Crippen molar-refractivity contribution in [2.45, 2.75) is 25.8 Å². The van der Waals surface area contributed by atoms with Gasteiger partial charge in [-0.25, -0.2) is 4.79 Å². The van der Waals surface area contributed by atoms with Crippen molar-refractivity contribution in [1.82, 2.24) is 10.2 Å². The van der Waals surface area contributed by atoms with Crippen molar-refractivity contribution in [3.05, 3.63) is 45.5 Å². The lowest BCUT2D eigenvalue weighted by atomic mass is 10.2. The molecule has 1 aliphatic rings. The van der Waals surface area contributed by atoms with Crippen LogP contribution >= 0.6 is 11.3 Å². The van der Waals surface area contributed by atoms with Gasteiger partial charge in [-0.3, -0.25) is 9.59 Å². The molecule has 1 aliphatic carbocycles. The van der Waals surface area contributed by atoms with E-state index in [0.29, 0.717) is 10.6 Å². The van der Waals surface area contributed by atoms with E-state index in [2.05, 4.69) is 5.32 Å². The molecule has 2 amide bonds. The van der Waals surface area contributed by atoms with E-state index in [1.165, 1.54) is 40.0 Å². The Morgan fingerprint density at radius 1 is 1.35 bits per heavy atom. The number of carbonyl (C=O) groups is 3. The molecule has 8 heteroatoms. The second-order valence-electron chi connectivity index (χ2n) is 6.09. The number of hydrogen-bond acceptors (Lipinski definition) is 6. The number of furan rings is 1. The zero-order chi connectivity index (χ0) is 18.5. The number of aryl methyl sites for hydroxylation is 2. The van der Waals surface area contributed by atoms with Crippen LogP contribution in [0.1, 0.15) is 32.3 Å². The van der Waals surface area contributed by atoms with Crippen LogP contribution in [0.5, 0.6) is 0 Å². The van der Waals surface area contributed by atoms with Gasteiger partial charge in [0, 0.05) is 11.9 Å². The fourth-order valence-electron chi connectivity index (χ4n) is 2.70. The minimum atomic E-state index is -0.492. The monoisotopic (exact) mass is 376 g/mol. The van der Waals surface area contributed by atoms with Crippen molar-refractivity contribution >= 4 is 29.1 Å². The van der Waals surface area contributed by atoms with Gasteiger partial charge in [0.2, 0.25) is 5.91 Å². The molecule has 0 bridgehead atoms. The molecule has 0 saturated carbocycles. The third kappa shape index (κ3) is 4.51. The molecule has 0 fully saturated rings. The lowest BCUT2D eigenvalue weighted by Gasteiger charge is -2.16. The fourth-order valence-corrected chi connectivity index (χ4v) is 3.84. The number of fused-ring (bicyclic) bond motifs is 1. The van der Waals surface area contributed by atoms with Crippen molar-refractivity contribution in [3.63, 3.8) is 0 Å². The molecule has 1 N–H and O–H groups in total. The Kier molecular flexibility index (Phi) is 5.72. The van der Waals surface area contributed by atoms with Crippen molar-refractivity contribution < 1.29 is 23.5 Å². The number of likely N-dealkylation sites (N-methyl/N-ethyl adjacent to an activating group) is 1. The van der Waals surface area contributed by atoms with E-state index in [-0.39, 0.29) is 25.6 Å². The molecule has 0 aliphatic heterocycles. The third-order valence-corrected chi connectivity index (χ3v) is 5.34. The molecule has 2 heterocycles. The molecule has 0 atom stereocenters. The molecule has 0 unspecified atom stereocenters. The number of nitrogens with one attached hydrogen (secondary N) is 1. The number of amides is 2. The first-order valence-electron chi connectivity index (χ1n) is 8.34. The van der Waals surface area contributed by atoms with E-state index in [0.717, 1.165) is 19.3 Å². The van der Waals surface area contributed by atoms with Crippen LogP contribution in [0.2, 0.25) is 0 Å². The van der Waals surface area contributed by atoms with Gasteiger partial charge in [-0.15, -0.1) is 11.3 Å². The summed E-state index contributed by atoms with van der Waals surface area (Å²) in [5.74, 6) is -0.619. The zero-order valence-corrected chi connectivity index (χ0v) is 15.3. The normalized spacial score (nSPS) is 12.5. The number of carbonyl (C=O) groups excluding carboxylic acids is 3. The molecular weight excluding hydrogens is 356 g/mol. The predicted molar refractivity (Wildman–Crippen MR) is 94.8 cm³/mol. The summed E-state index contributed by atoms with van der Waals surface area (Å²) in [4.78, 5) is 38.9. The highest BCUT2D eigenvalue weighted by Crippen LogP contribution is 2.30. The highest BCUT2D eigenvalue weighted by molar-refractivity contribution is 7.14. The van der Waals surface area contributed by atoms with Crippen LogP contribution in [-0.4, -0.2) is 42.9 Å². The molecule has 2 aromatic rings. The van der Waals surface area contributed by atoms with Gasteiger partial charge in [-0.05, 0) is 43.0 Å². The van der Waals surface area contributed by atoms with Crippen LogP contribution in [0.3, 0.4) is 0 Å². The number of ether oxygens (including phenoxy) is 1. The Bertz CT molecular complexity index is 775. The van der Waals surface area contributed by atoms with Gasteiger partial charge in [0.05, 0.1) is 19.4 Å². The molecule has 0 radical (unpaired) electrons. The van der Waals surface area contributed by atoms with Crippen LogP contribution in [-0.2, 0) is 33.7 Å². The van der Waals surface area contributed by atoms with Crippen LogP contribution in [0.4, 0.5) is 0 Å². The van der Waals surface area contributed by atoms with E-state index >= 15 is 0 Å². The number of esters is 1. The maximum absolute atomic E-state index is 12.1. The Labute approximate surface area is 154 Å². The predicted octanol–water partition coefficient (Wildman–Crippen LogP) is 1.76. The van der Waals surface area contributed by atoms with E-state index in [1.54, 1.807) is 12.1 Å². The topological polar surface area (TPSA) is 88.8 Å².